The number of phenolic OH excluding ortho intramolecular Hbond substituents is 1. The number of aromatic nitrogens is 1. The SMILES string of the molecule is C=C[C@H](C)[C@@H](C)[C@@H](OC(C)=O)[C@H](C)[C@H](O)[C@H](C)[C@@H](O)[C@@H](C)/C=C/C=C(/C)C(=O)Nc1c(=O)c2c(O)c(C)c3c(c2c2nc4c(=O)cc(N5CCN(CCO)CC5)cc4oc12)=C(O)[C@H](C)O3. The fraction of sp³-hybridized carbons (Fsp3) is 0.490. The molecule has 0 bridgehead atoms. The molecule has 1 aromatic heterocycles. The van der Waals surface area contributed by atoms with Crippen LogP contribution in [0.2, 0.25) is 0 Å². The number of aliphatic hydroxyl groups excluding tert-OH is 4. The van der Waals surface area contributed by atoms with Crippen LogP contribution in [-0.4, -0.2) is 111 Å². The molecule has 2 aliphatic rings. The molecule has 0 radical (unpaired) electrons. The maximum Gasteiger partial charge on any atom is 0.302 e. The van der Waals surface area contributed by atoms with Gasteiger partial charge < -0.3 is 49.6 Å². The van der Waals surface area contributed by atoms with Gasteiger partial charge >= 0.3 is 5.97 Å². The number of ether oxygens (including phenoxy) is 2. The number of nitrogens with zero attached hydrogens (tertiary/aromatic N) is 3. The minimum atomic E-state index is -1.04. The van der Waals surface area contributed by atoms with E-state index in [1.807, 2.05) is 18.7 Å². The van der Waals surface area contributed by atoms with Crippen LogP contribution in [0.15, 0.2) is 62.6 Å². The number of phenols is 1. The van der Waals surface area contributed by atoms with E-state index in [2.05, 4.69) is 16.8 Å². The molecule has 4 aromatic rings. The van der Waals surface area contributed by atoms with Crippen molar-refractivity contribution in [2.45, 2.75) is 86.7 Å². The van der Waals surface area contributed by atoms with Crippen LogP contribution in [0, 0.1) is 36.5 Å². The lowest BCUT2D eigenvalue weighted by molar-refractivity contribution is -0.158. The Labute approximate surface area is 377 Å². The molecule has 0 spiro atoms. The molecule has 16 heteroatoms. The van der Waals surface area contributed by atoms with E-state index in [0.717, 1.165) is 0 Å². The van der Waals surface area contributed by atoms with Crippen molar-refractivity contribution in [2.75, 3.05) is 49.5 Å². The number of hydrogen-bond acceptors (Lipinski definition) is 15. The first-order valence-corrected chi connectivity index (χ1v) is 22.2. The van der Waals surface area contributed by atoms with Crippen LogP contribution in [0.1, 0.15) is 61.0 Å². The smallest absolute Gasteiger partial charge is 0.302 e. The highest BCUT2D eigenvalue weighted by Crippen LogP contribution is 2.39. The summed E-state index contributed by atoms with van der Waals surface area (Å²) in [5.74, 6) is -3.53. The number of aromatic hydroxyl groups is 1. The lowest BCUT2D eigenvalue weighted by Crippen LogP contribution is -2.47. The number of aliphatic hydroxyl groups is 4. The van der Waals surface area contributed by atoms with E-state index in [9.17, 15) is 44.7 Å². The number of amides is 1. The van der Waals surface area contributed by atoms with Gasteiger partial charge in [-0.15, -0.1) is 6.58 Å². The summed E-state index contributed by atoms with van der Waals surface area (Å²) in [6, 6.07) is 3.09. The van der Waals surface area contributed by atoms with Crippen molar-refractivity contribution < 1.29 is 49.0 Å². The Balaban J connectivity index is 1.35. The number of piperazine rings is 1. The zero-order valence-electron chi connectivity index (χ0n) is 38.5. The van der Waals surface area contributed by atoms with Gasteiger partial charge in [-0.2, -0.15) is 0 Å². The molecule has 1 amide bonds. The average Bonchev–Trinajstić information content (AvgIpc) is 3.58. The van der Waals surface area contributed by atoms with Gasteiger partial charge in [0.2, 0.25) is 10.9 Å². The number of carbonyl (C=O) groups excluding carboxylic acids is 2. The van der Waals surface area contributed by atoms with Crippen LogP contribution in [0.25, 0.3) is 38.7 Å². The molecule has 3 heterocycles. The lowest BCUT2D eigenvalue weighted by atomic mass is 9.77. The standard InChI is InChI=1S/C49H62N4O12/c1-11-23(2)26(5)46(64-31(10)55)28(7)42(58)27(6)41(57)24(3)13-12-14-25(4)49(62)51-40-45(61)36-35(37-44(60)30(9)63-47(37)29(8)43(36)59)39-48(40)65-34-22-32(21-33(56)38(34)50-39)53-17-15-52(16-18-53)19-20-54/h11-14,21-24,26-28,30,41-42,46,54,57-60H,1,15-20H2,2-10H3,(H,51,62)/b13-12+,25-14-/t23-,24-,26+,27+,28+,30-,41-,42+,46+/m0/s1. The van der Waals surface area contributed by atoms with Crippen LogP contribution < -0.4 is 31.0 Å². The fourth-order valence-electron chi connectivity index (χ4n) is 8.97. The molecule has 16 nitrogen and oxygen atoms in total. The van der Waals surface area contributed by atoms with Crippen molar-refractivity contribution in [3.8, 4) is 11.5 Å². The monoisotopic (exact) mass is 898 g/mol. The molecule has 65 heavy (non-hydrogen) atoms. The van der Waals surface area contributed by atoms with Gasteiger partial charge in [-0.05, 0) is 32.6 Å². The molecule has 0 aliphatic carbocycles. The largest absolute Gasteiger partial charge is 0.508 e. The zero-order chi connectivity index (χ0) is 47.8. The summed E-state index contributed by atoms with van der Waals surface area (Å²) in [6.45, 7) is 22.0. The second kappa shape index (κ2) is 19.7. The van der Waals surface area contributed by atoms with Crippen molar-refractivity contribution in [1.82, 2.24) is 9.88 Å². The molecule has 6 rings (SSSR count). The second-order valence-electron chi connectivity index (χ2n) is 17.8. The molecular weight excluding hydrogens is 837 g/mol. The molecule has 0 unspecified atom stereocenters. The van der Waals surface area contributed by atoms with E-state index in [-0.39, 0.29) is 85.0 Å². The van der Waals surface area contributed by atoms with Crippen LogP contribution in [0.5, 0.6) is 11.5 Å². The number of anilines is 2. The summed E-state index contributed by atoms with van der Waals surface area (Å²) in [5.41, 5.74) is -1.07. The number of benzene rings is 3. The molecular formula is C49H62N4O12. The third-order valence-electron chi connectivity index (χ3n) is 13.4. The van der Waals surface area contributed by atoms with E-state index in [0.29, 0.717) is 38.4 Å². The van der Waals surface area contributed by atoms with Crippen molar-refractivity contribution in [3.63, 3.8) is 0 Å². The topological polar surface area (TPSA) is 232 Å². The van der Waals surface area contributed by atoms with Crippen molar-refractivity contribution in [1.29, 1.82) is 0 Å². The number of fused-ring (bicyclic) bond motifs is 6. The van der Waals surface area contributed by atoms with Gasteiger partial charge in [0, 0.05) is 91.7 Å². The molecule has 1 saturated heterocycles. The van der Waals surface area contributed by atoms with E-state index < -0.39 is 70.7 Å². The summed E-state index contributed by atoms with van der Waals surface area (Å²) >= 11 is 0. The van der Waals surface area contributed by atoms with Crippen LogP contribution >= 0.6 is 0 Å². The number of hydrogen-bond donors (Lipinski definition) is 6. The summed E-state index contributed by atoms with van der Waals surface area (Å²) in [7, 11) is 0. The van der Waals surface area contributed by atoms with Crippen molar-refractivity contribution in [3.05, 3.63) is 79.8 Å². The summed E-state index contributed by atoms with van der Waals surface area (Å²) in [4.78, 5) is 63.1. The normalized spacial score (nSPS) is 19.7. The summed E-state index contributed by atoms with van der Waals surface area (Å²) in [5, 5.41) is 57.4. The first-order chi connectivity index (χ1) is 30.7. The third kappa shape index (κ3) is 9.48. The maximum absolute atomic E-state index is 14.6. The Hall–Kier alpha value is -5.81. The predicted molar refractivity (Wildman–Crippen MR) is 250 cm³/mol. The highest BCUT2D eigenvalue weighted by atomic mass is 16.5. The van der Waals surface area contributed by atoms with Gasteiger partial charge in [-0.25, -0.2) is 4.98 Å². The van der Waals surface area contributed by atoms with Crippen LogP contribution in [0.4, 0.5) is 11.4 Å². The quantitative estimate of drug-likeness (QED) is 0.0225. The molecule has 3 aromatic carbocycles. The number of esters is 1. The highest BCUT2D eigenvalue weighted by molar-refractivity contribution is 6.16. The van der Waals surface area contributed by atoms with E-state index in [1.54, 1.807) is 52.0 Å². The van der Waals surface area contributed by atoms with Crippen LogP contribution in [-0.2, 0) is 14.3 Å². The molecule has 1 fully saturated rings. The number of nitrogens with one attached hydrogen (secondary N) is 1. The number of allylic oxidation sites excluding steroid dienone is 3. The highest BCUT2D eigenvalue weighted by Gasteiger charge is 2.38. The Bertz CT molecular complexity index is 2740. The molecule has 350 valence electrons. The molecule has 0 saturated carbocycles. The van der Waals surface area contributed by atoms with Gasteiger partial charge in [0.15, 0.2) is 22.8 Å². The van der Waals surface area contributed by atoms with Crippen LogP contribution in [0.3, 0.4) is 0 Å². The van der Waals surface area contributed by atoms with Gasteiger partial charge in [0.25, 0.3) is 5.91 Å². The Kier molecular flexibility index (Phi) is 14.8. The fourth-order valence-corrected chi connectivity index (χ4v) is 8.97. The van der Waals surface area contributed by atoms with E-state index >= 15 is 0 Å². The van der Waals surface area contributed by atoms with Gasteiger partial charge in [0.05, 0.1) is 29.4 Å². The predicted octanol–water partition coefficient (Wildman–Crippen LogP) is 4.61. The number of rotatable bonds is 16. The second-order valence-corrected chi connectivity index (χ2v) is 17.8. The van der Waals surface area contributed by atoms with Gasteiger partial charge in [-0.1, -0.05) is 58.9 Å². The molecule has 2 aliphatic heterocycles. The van der Waals surface area contributed by atoms with Crippen molar-refractivity contribution in [2.24, 2.45) is 29.6 Å². The minimum Gasteiger partial charge on any atom is -0.508 e. The first kappa shape index (κ1) is 48.6. The zero-order valence-corrected chi connectivity index (χ0v) is 38.5. The van der Waals surface area contributed by atoms with Gasteiger partial charge in [-0.3, -0.25) is 24.1 Å². The average molecular weight is 899 g/mol. The minimum absolute atomic E-state index is 0.00343. The van der Waals surface area contributed by atoms with Crippen molar-refractivity contribution >= 4 is 62.0 Å². The lowest BCUT2D eigenvalue weighted by Gasteiger charge is -2.37. The Morgan fingerprint density at radius 2 is 1.65 bits per heavy atom. The Morgan fingerprint density at radius 3 is 2.28 bits per heavy atom. The first-order valence-electron chi connectivity index (χ1n) is 22.2. The third-order valence-corrected chi connectivity index (χ3v) is 13.4. The maximum atomic E-state index is 14.6. The van der Waals surface area contributed by atoms with E-state index in [1.165, 1.54) is 32.9 Å². The summed E-state index contributed by atoms with van der Waals surface area (Å²) in [6.07, 6.45) is 3.00. The number of carbonyl (C=O) groups is 2. The van der Waals surface area contributed by atoms with E-state index in [4.69, 9.17) is 18.9 Å². The molecule has 6 N–H and O–H groups in total. The molecule has 9 atom stereocenters. The number of β-amino-alcohol motifs (C(OH)–C–C–N with tert-alkyl or cyclic N) is 1. The summed E-state index contributed by atoms with van der Waals surface area (Å²) < 4.78 is 17.9. The van der Waals surface area contributed by atoms with Gasteiger partial charge in [0.1, 0.15) is 34.6 Å². The Morgan fingerprint density at radius 1 is 0.969 bits per heavy atom.